The molecule has 0 aromatic heterocycles. The monoisotopic (exact) mass is 272 g/mol. The molecule has 0 radical (unpaired) electrons. The van der Waals surface area contributed by atoms with Crippen molar-refractivity contribution in [3.05, 3.63) is 70.5 Å². The van der Waals surface area contributed by atoms with Crippen LogP contribution in [0.5, 0.6) is 0 Å². The molecule has 0 saturated carbocycles. The number of halogens is 1. The molecule has 20 heavy (non-hydrogen) atoms. The molecular formula is C16H17FN2O. The lowest BCUT2D eigenvalue weighted by Gasteiger charge is -2.07. The smallest absolute Gasteiger partial charge is 0.251 e. The van der Waals surface area contributed by atoms with Gasteiger partial charge in [0.15, 0.2) is 0 Å². The average Bonchev–Trinajstić information content (AvgIpc) is 2.47. The summed E-state index contributed by atoms with van der Waals surface area (Å²) in [6.45, 7) is 2.52. The van der Waals surface area contributed by atoms with Crippen molar-refractivity contribution in [1.82, 2.24) is 5.32 Å². The van der Waals surface area contributed by atoms with Crippen molar-refractivity contribution in [1.29, 1.82) is 0 Å². The minimum absolute atomic E-state index is 0.290. The SMILES string of the molecule is Cc1ccc(C(=O)NCc2cccc(CN)c2)cc1F. The summed E-state index contributed by atoms with van der Waals surface area (Å²) in [6, 6.07) is 12.1. The topological polar surface area (TPSA) is 55.1 Å². The molecule has 0 aliphatic heterocycles. The van der Waals surface area contributed by atoms with E-state index in [1.165, 1.54) is 6.07 Å². The summed E-state index contributed by atoms with van der Waals surface area (Å²) in [6.07, 6.45) is 0. The van der Waals surface area contributed by atoms with Gasteiger partial charge < -0.3 is 11.1 Å². The molecule has 0 aliphatic carbocycles. The van der Waals surface area contributed by atoms with Gasteiger partial charge in [0.2, 0.25) is 0 Å². The highest BCUT2D eigenvalue weighted by Crippen LogP contribution is 2.10. The number of carbonyl (C=O) groups excluding carboxylic acids is 1. The number of rotatable bonds is 4. The predicted molar refractivity (Wildman–Crippen MR) is 76.6 cm³/mol. The third-order valence-corrected chi connectivity index (χ3v) is 3.11. The molecule has 0 spiro atoms. The molecule has 0 saturated heterocycles. The summed E-state index contributed by atoms with van der Waals surface area (Å²) in [5.41, 5.74) is 8.39. The Hall–Kier alpha value is -2.20. The van der Waals surface area contributed by atoms with Crippen molar-refractivity contribution in [3.8, 4) is 0 Å². The van der Waals surface area contributed by atoms with Crippen LogP contribution >= 0.6 is 0 Å². The van der Waals surface area contributed by atoms with E-state index in [2.05, 4.69) is 5.32 Å². The summed E-state index contributed by atoms with van der Waals surface area (Å²) in [5.74, 6) is -0.662. The van der Waals surface area contributed by atoms with Crippen LogP contribution in [-0.4, -0.2) is 5.91 Å². The Kier molecular flexibility index (Phi) is 4.48. The fraction of sp³-hybridized carbons (Fsp3) is 0.188. The van der Waals surface area contributed by atoms with Gasteiger partial charge in [0.05, 0.1) is 0 Å². The molecule has 0 atom stereocenters. The first-order valence-electron chi connectivity index (χ1n) is 6.42. The van der Waals surface area contributed by atoms with Gasteiger partial charge in [-0.15, -0.1) is 0 Å². The van der Waals surface area contributed by atoms with E-state index >= 15 is 0 Å². The number of nitrogens with two attached hydrogens (primary N) is 1. The van der Waals surface area contributed by atoms with Crippen LogP contribution in [0.2, 0.25) is 0 Å². The van der Waals surface area contributed by atoms with Gasteiger partial charge in [-0.3, -0.25) is 4.79 Å². The highest BCUT2D eigenvalue weighted by Gasteiger charge is 2.07. The van der Waals surface area contributed by atoms with Crippen molar-refractivity contribution < 1.29 is 9.18 Å². The van der Waals surface area contributed by atoms with Crippen LogP contribution < -0.4 is 11.1 Å². The summed E-state index contributed by atoms with van der Waals surface area (Å²) in [4.78, 5) is 11.9. The zero-order valence-electron chi connectivity index (χ0n) is 11.3. The molecule has 2 rings (SSSR count). The fourth-order valence-electron chi connectivity index (χ4n) is 1.89. The van der Waals surface area contributed by atoms with E-state index in [0.717, 1.165) is 11.1 Å². The van der Waals surface area contributed by atoms with Gasteiger partial charge >= 0.3 is 0 Å². The number of hydrogen-bond acceptors (Lipinski definition) is 2. The Morgan fingerprint density at radius 3 is 2.65 bits per heavy atom. The number of benzene rings is 2. The van der Waals surface area contributed by atoms with Crippen LogP contribution in [0.15, 0.2) is 42.5 Å². The molecular weight excluding hydrogens is 255 g/mol. The van der Waals surface area contributed by atoms with Crippen LogP contribution in [0.25, 0.3) is 0 Å². The van der Waals surface area contributed by atoms with Gasteiger partial charge in [0.1, 0.15) is 5.82 Å². The Labute approximate surface area is 117 Å². The van der Waals surface area contributed by atoms with E-state index in [9.17, 15) is 9.18 Å². The van der Waals surface area contributed by atoms with Gasteiger partial charge in [-0.2, -0.15) is 0 Å². The Bertz CT molecular complexity index is 626. The lowest BCUT2D eigenvalue weighted by atomic mass is 10.1. The largest absolute Gasteiger partial charge is 0.348 e. The van der Waals surface area contributed by atoms with Crippen LogP contribution in [0, 0.1) is 12.7 Å². The lowest BCUT2D eigenvalue weighted by molar-refractivity contribution is 0.0950. The number of aryl methyl sites for hydroxylation is 1. The first-order valence-corrected chi connectivity index (χ1v) is 6.42. The molecule has 0 heterocycles. The molecule has 3 nitrogen and oxygen atoms in total. The van der Waals surface area contributed by atoms with Crippen LogP contribution in [0.4, 0.5) is 4.39 Å². The number of hydrogen-bond donors (Lipinski definition) is 2. The third-order valence-electron chi connectivity index (χ3n) is 3.11. The molecule has 2 aromatic rings. The normalized spacial score (nSPS) is 10.3. The molecule has 1 amide bonds. The highest BCUT2D eigenvalue weighted by atomic mass is 19.1. The zero-order valence-corrected chi connectivity index (χ0v) is 11.3. The number of carbonyl (C=O) groups is 1. The van der Waals surface area contributed by atoms with Gasteiger partial charge in [-0.25, -0.2) is 4.39 Å². The average molecular weight is 272 g/mol. The predicted octanol–water partition coefficient (Wildman–Crippen LogP) is 2.52. The molecule has 104 valence electrons. The van der Waals surface area contributed by atoms with E-state index in [0.29, 0.717) is 24.2 Å². The van der Waals surface area contributed by atoms with E-state index in [4.69, 9.17) is 5.73 Å². The van der Waals surface area contributed by atoms with Crippen LogP contribution in [0.1, 0.15) is 27.0 Å². The highest BCUT2D eigenvalue weighted by molar-refractivity contribution is 5.94. The molecule has 4 heteroatoms. The second-order valence-electron chi connectivity index (χ2n) is 4.67. The van der Waals surface area contributed by atoms with E-state index in [-0.39, 0.29) is 11.7 Å². The third kappa shape index (κ3) is 3.42. The Balaban J connectivity index is 2.02. The minimum Gasteiger partial charge on any atom is -0.348 e. The Morgan fingerprint density at radius 2 is 1.95 bits per heavy atom. The molecule has 0 unspecified atom stereocenters. The van der Waals surface area contributed by atoms with Gasteiger partial charge in [0.25, 0.3) is 5.91 Å². The summed E-state index contributed by atoms with van der Waals surface area (Å²) < 4.78 is 13.4. The maximum atomic E-state index is 13.4. The maximum Gasteiger partial charge on any atom is 0.251 e. The van der Waals surface area contributed by atoms with Crippen molar-refractivity contribution in [2.24, 2.45) is 5.73 Å². The van der Waals surface area contributed by atoms with Crippen molar-refractivity contribution in [3.63, 3.8) is 0 Å². The van der Waals surface area contributed by atoms with Gasteiger partial charge in [0, 0.05) is 18.7 Å². The first-order chi connectivity index (χ1) is 9.60. The summed E-state index contributed by atoms with van der Waals surface area (Å²) in [7, 11) is 0. The molecule has 0 aliphatic rings. The van der Waals surface area contributed by atoms with Crippen LogP contribution in [0.3, 0.4) is 0 Å². The van der Waals surface area contributed by atoms with E-state index in [1.807, 2.05) is 24.3 Å². The zero-order chi connectivity index (χ0) is 14.5. The number of nitrogens with one attached hydrogen (secondary N) is 1. The number of amides is 1. The first kappa shape index (κ1) is 14.2. The minimum atomic E-state index is -0.372. The molecule has 0 fully saturated rings. The second kappa shape index (κ2) is 6.30. The van der Waals surface area contributed by atoms with Crippen molar-refractivity contribution in [2.45, 2.75) is 20.0 Å². The summed E-state index contributed by atoms with van der Waals surface area (Å²) in [5, 5.41) is 2.77. The van der Waals surface area contributed by atoms with Crippen molar-refractivity contribution >= 4 is 5.91 Å². The van der Waals surface area contributed by atoms with E-state index < -0.39 is 0 Å². The quantitative estimate of drug-likeness (QED) is 0.898. The molecule has 3 N–H and O–H groups in total. The van der Waals surface area contributed by atoms with Gasteiger partial charge in [-0.1, -0.05) is 30.3 Å². The summed E-state index contributed by atoms with van der Waals surface area (Å²) >= 11 is 0. The van der Waals surface area contributed by atoms with Crippen molar-refractivity contribution in [2.75, 3.05) is 0 Å². The van der Waals surface area contributed by atoms with E-state index in [1.54, 1.807) is 19.1 Å². The van der Waals surface area contributed by atoms with Crippen LogP contribution in [-0.2, 0) is 13.1 Å². The fourth-order valence-corrected chi connectivity index (χ4v) is 1.89. The second-order valence-corrected chi connectivity index (χ2v) is 4.67. The maximum absolute atomic E-state index is 13.4. The Morgan fingerprint density at radius 1 is 1.20 bits per heavy atom. The lowest BCUT2D eigenvalue weighted by Crippen LogP contribution is -2.23. The van der Waals surface area contributed by atoms with Gasteiger partial charge in [-0.05, 0) is 35.7 Å². The molecule has 2 aromatic carbocycles. The molecule has 0 bridgehead atoms. The standard InChI is InChI=1S/C16H17FN2O/c1-11-5-6-14(8-15(11)17)16(20)19-10-13-4-2-3-12(7-13)9-18/h2-8H,9-10,18H2,1H3,(H,19,20).